The number of halogens is 3. The third-order valence-electron chi connectivity index (χ3n) is 11.5. The molecule has 1 aliphatic rings. The highest BCUT2D eigenvalue weighted by molar-refractivity contribution is 7.22. The number of nitrogens with zero attached hydrogens (tertiary/aromatic N) is 6. The topological polar surface area (TPSA) is 121 Å². The van der Waals surface area contributed by atoms with E-state index in [1.807, 2.05) is 62.4 Å². The van der Waals surface area contributed by atoms with Crippen LogP contribution in [0.25, 0.3) is 43.2 Å². The summed E-state index contributed by atoms with van der Waals surface area (Å²) in [6, 6.07) is 23.0. The van der Waals surface area contributed by atoms with E-state index >= 15 is 0 Å². The molecule has 0 radical (unpaired) electrons. The SMILES string of the molecule is CCOC(=O)[C@@H](Cc1ccccc1OCc1ccnc(-c2ccccc2OC)n1)Oc1ncnc2sc(-c3ccc(F)cc3)c(-c3c(C)c(Cl)c(OCCN4CCN(C)CC4)c(Cl)c3C)c12. The first kappa shape index (κ1) is 46.6. The minimum atomic E-state index is -1.17. The largest absolute Gasteiger partial charge is 0.496 e. The molecule has 1 fully saturated rings. The Bertz CT molecular complexity index is 2810. The van der Waals surface area contributed by atoms with Crippen LogP contribution in [-0.2, 0) is 22.6 Å². The number of thiophene rings is 1. The van der Waals surface area contributed by atoms with Gasteiger partial charge < -0.3 is 28.6 Å². The molecular weight excluding hydrogens is 903 g/mol. The van der Waals surface area contributed by atoms with E-state index in [0.29, 0.717) is 83.5 Å². The number of aromatic nitrogens is 4. The summed E-state index contributed by atoms with van der Waals surface area (Å²) >= 11 is 15.8. The first-order valence-electron chi connectivity index (χ1n) is 21.6. The van der Waals surface area contributed by atoms with Gasteiger partial charge in [-0.25, -0.2) is 29.1 Å². The first-order chi connectivity index (χ1) is 32.0. The second-order valence-corrected chi connectivity index (χ2v) is 17.5. The molecule has 0 bridgehead atoms. The highest BCUT2D eigenvalue weighted by atomic mass is 35.5. The van der Waals surface area contributed by atoms with Gasteiger partial charge in [-0.05, 0) is 92.0 Å². The van der Waals surface area contributed by atoms with Crippen molar-refractivity contribution in [1.82, 2.24) is 29.7 Å². The summed E-state index contributed by atoms with van der Waals surface area (Å²) in [7, 11) is 3.73. The Balaban J connectivity index is 1.14. The fourth-order valence-electron chi connectivity index (χ4n) is 7.97. The molecule has 1 aliphatic heterocycles. The van der Waals surface area contributed by atoms with Crippen LogP contribution in [0.1, 0.15) is 29.3 Å². The number of benzene rings is 4. The Morgan fingerprint density at radius 3 is 2.30 bits per heavy atom. The quantitative estimate of drug-likeness (QED) is 0.0808. The van der Waals surface area contributed by atoms with Crippen molar-refractivity contribution in [2.24, 2.45) is 0 Å². The van der Waals surface area contributed by atoms with E-state index in [0.717, 1.165) is 48.7 Å². The number of piperazine rings is 1. The molecule has 0 spiro atoms. The lowest BCUT2D eigenvalue weighted by molar-refractivity contribution is -0.151. The summed E-state index contributed by atoms with van der Waals surface area (Å²) in [5, 5.41) is 1.25. The van der Waals surface area contributed by atoms with Crippen molar-refractivity contribution in [3.05, 3.63) is 130 Å². The molecule has 12 nitrogen and oxygen atoms in total. The molecule has 0 N–H and O–H groups in total. The number of likely N-dealkylation sites (N-methyl/N-ethyl adjacent to an activating group) is 1. The number of rotatable bonds is 17. The zero-order valence-electron chi connectivity index (χ0n) is 37.3. The van der Waals surface area contributed by atoms with Gasteiger partial charge in [0.25, 0.3) is 0 Å². The van der Waals surface area contributed by atoms with E-state index in [-0.39, 0.29) is 31.3 Å². The number of para-hydroxylation sites is 2. The van der Waals surface area contributed by atoms with Crippen LogP contribution in [-0.4, -0.2) is 102 Å². The van der Waals surface area contributed by atoms with Crippen molar-refractivity contribution in [2.45, 2.75) is 39.9 Å². The van der Waals surface area contributed by atoms with Crippen LogP contribution in [0.5, 0.6) is 23.1 Å². The van der Waals surface area contributed by atoms with E-state index in [2.05, 4.69) is 31.8 Å². The van der Waals surface area contributed by atoms with Gasteiger partial charge in [0.1, 0.15) is 41.7 Å². The van der Waals surface area contributed by atoms with Crippen LogP contribution in [0, 0.1) is 19.7 Å². The second-order valence-electron chi connectivity index (χ2n) is 15.8. The summed E-state index contributed by atoms with van der Waals surface area (Å²) in [5.41, 5.74) is 5.60. The molecule has 0 aliphatic carbocycles. The smallest absolute Gasteiger partial charge is 0.347 e. The Morgan fingerprint density at radius 1 is 0.864 bits per heavy atom. The van der Waals surface area contributed by atoms with E-state index in [9.17, 15) is 9.18 Å². The maximum Gasteiger partial charge on any atom is 0.347 e. The van der Waals surface area contributed by atoms with Crippen molar-refractivity contribution in [3.8, 4) is 56.1 Å². The van der Waals surface area contributed by atoms with E-state index < -0.39 is 12.1 Å². The number of hydrogen-bond donors (Lipinski definition) is 0. The van der Waals surface area contributed by atoms with Crippen molar-refractivity contribution in [3.63, 3.8) is 0 Å². The summed E-state index contributed by atoms with van der Waals surface area (Å²) in [6.45, 7) is 10.8. The van der Waals surface area contributed by atoms with Gasteiger partial charge in [-0.2, -0.15) is 0 Å². The predicted octanol–water partition coefficient (Wildman–Crippen LogP) is 10.3. The molecule has 342 valence electrons. The van der Waals surface area contributed by atoms with E-state index in [4.69, 9.17) is 51.9 Å². The van der Waals surface area contributed by atoms with E-state index in [1.54, 1.807) is 38.4 Å². The second kappa shape index (κ2) is 21.2. The lowest BCUT2D eigenvalue weighted by Crippen LogP contribution is -2.45. The molecule has 16 heteroatoms. The highest BCUT2D eigenvalue weighted by Crippen LogP contribution is 2.53. The number of carbonyl (C=O) groups is 1. The number of carbonyl (C=O) groups excluding carboxylic acids is 1. The lowest BCUT2D eigenvalue weighted by Gasteiger charge is -2.32. The molecule has 4 heterocycles. The maximum atomic E-state index is 14.4. The molecule has 0 amide bonds. The minimum Gasteiger partial charge on any atom is -0.496 e. The molecule has 0 unspecified atom stereocenters. The maximum absolute atomic E-state index is 14.4. The molecule has 1 atom stereocenters. The average Bonchev–Trinajstić information content (AvgIpc) is 3.72. The van der Waals surface area contributed by atoms with Crippen molar-refractivity contribution in [1.29, 1.82) is 0 Å². The summed E-state index contributed by atoms with van der Waals surface area (Å²) in [5.74, 6) is 1.25. The Morgan fingerprint density at radius 2 is 1.58 bits per heavy atom. The zero-order chi connectivity index (χ0) is 46.3. The summed E-state index contributed by atoms with van der Waals surface area (Å²) in [6.07, 6.45) is 1.97. The molecule has 7 aromatic rings. The Kier molecular flexibility index (Phi) is 14.9. The van der Waals surface area contributed by atoms with Crippen LogP contribution in [0.2, 0.25) is 10.0 Å². The van der Waals surface area contributed by atoms with Crippen LogP contribution in [0.15, 0.2) is 91.4 Å². The van der Waals surface area contributed by atoms with Gasteiger partial charge in [0, 0.05) is 55.8 Å². The minimum absolute atomic E-state index is 0.0664. The number of hydrogen-bond acceptors (Lipinski definition) is 13. The van der Waals surface area contributed by atoms with Gasteiger partial charge in [-0.3, -0.25) is 4.90 Å². The lowest BCUT2D eigenvalue weighted by atomic mass is 9.92. The predicted molar refractivity (Wildman–Crippen MR) is 257 cm³/mol. The van der Waals surface area contributed by atoms with Gasteiger partial charge in [-0.15, -0.1) is 11.3 Å². The zero-order valence-corrected chi connectivity index (χ0v) is 39.6. The third kappa shape index (κ3) is 10.2. The fourth-order valence-corrected chi connectivity index (χ4v) is 9.65. The van der Waals surface area contributed by atoms with Crippen LogP contribution < -0.4 is 18.9 Å². The molecule has 0 saturated carbocycles. The number of esters is 1. The molecule has 66 heavy (non-hydrogen) atoms. The van der Waals surface area contributed by atoms with Crippen LogP contribution >= 0.6 is 34.5 Å². The van der Waals surface area contributed by atoms with Gasteiger partial charge in [0.2, 0.25) is 12.0 Å². The molecule has 3 aromatic heterocycles. The van der Waals surface area contributed by atoms with Gasteiger partial charge >= 0.3 is 5.97 Å². The first-order valence-corrected chi connectivity index (χ1v) is 23.2. The van der Waals surface area contributed by atoms with E-state index in [1.165, 1.54) is 29.8 Å². The summed E-state index contributed by atoms with van der Waals surface area (Å²) < 4.78 is 44.9. The molecule has 1 saturated heterocycles. The Labute approximate surface area is 397 Å². The average molecular weight is 952 g/mol. The highest BCUT2D eigenvalue weighted by Gasteiger charge is 2.31. The standard InChI is InChI=1S/C50H49Cl2FN6O6S/c1-6-62-50(60)39(27-33-11-7-9-13-37(33)64-28-35-19-20-54-47(57-35)36-12-8-10-14-38(36)61-5)65-48-42-41(46(66-49(42)56-29-55-48)32-15-17-34(53)18-16-32)40-30(2)43(51)45(44(52)31(40)3)63-26-25-59-23-21-58(4)22-24-59/h7-20,29,39H,6,21-28H2,1-5H3/t39-/m1/s1. The van der Waals surface area contributed by atoms with Crippen molar-refractivity contribution >= 4 is 50.7 Å². The number of fused-ring (bicyclic) bond motifs is 1. The van der Waals surface area contributed by atoms with Gasteiger partial charge in [0.05, 0.1) is 40.4 Å². The molecular formula is C50H49Cl2FN6O6S. The molecule has 4 aromatic carbocycles. The van der Waals surface area contributed by atoms with Crippen LogP contribution in [0.3, 0.4) is 0 Å². The van der Waals surface area contributed by atoms with Crippen molar-refractivity contribution in [2.75, 3.05) is 60.1 Å². The molecule has 8 rings (SSSR count). The summed E-state index contributed by atoms with van der Waals surface area (Å²) in [4.78, 5) is 38.4. The number of ether oxygens (including phenoxy) is 5. The third-order valence-corrected chi connectivity index (χ3v) is 13.5. The Hall–Kier alpha value is -5.90. The van der Waals surface area contributed by atoms with Crippen molar-refractivity contribution < 1.29 is 32.9 Å². The normalized spacial score (nSPS) is 13.7. The van der Waals surface area contributed by atoms with Gasteiger partial charge in [-0.1, -0.05) is 65.7 Å². The van der Waals surface area contributed by atoms with Gasteiger partial charge in [0.15, 0.2) is 11.6 Å². The fraction of sp³-hybridized carbons (Fsp3) is 0.300. The van der Waals surface area contributed by atoms with Crippen LogP contribution in [0.4, 0.5) is 4.39 Å². The number of methoxy groups -OCH3 is 1. The monoisotopic (exact) mass is 950 g/mol.